The van der Waals surface area contributed by atoms with E-state index in [9.17, 15) is 0 Å². The molecule has 2 heterocycles. The molecule has 0 bridgehead atoms. The van der Waals surface area contributed by atoms with Crippen molar-refractivity contribution in [3.05, 3.63) is 16.6 Å². The van der Waals surface area contributed by atoms with E-state index in [4.69, 9.17) is 0 Å². The van der Waals surface area contributed by atoms with Gasteiger partial charge < -0.3 is 0 Å². The Kier molecular flexibility index (Phi) is 3.50. The number of aromatic nitrogens is 1. The van der Waals surface area contributed by atoms with Crippen LogP contribution in [0.3, 0.4) is 0 Å². The molecular formula is C10H17N3S. The van der Waals surface area contributed by atoms with Crippen LogP contribution in [0, 0.1) is 0 Å². The first-order chi connectivity index (χ1) is 6.86. The number of nitrogens with zero attached hydrogens (tertiary/aromatic N) is 2. The van der Waals surface area contributed by atoms with Crippen LogP contribution < -0.4 is 5.43 Å². The molecule has 0 saturated carbocycles. The van der Waals surface area contributed by atoms with Gasteiger partial charge in [0.25, 0.3) is 0 Å². The maximum absolute atomic E-state index is 4.10. The highest BCUT2D eigenvalue weighted by atomic mass is 32.1. The average Bonchev–Trinajstić information content (AvgIpc) is 2.72. The van der Waals surface area contributed by atoms with E-state index in [0.717, 1.165) is 0 Å². The van der Waals surface area contributed by atoms with Gasteiger partial charge >= 0.3 is 0 Å². The van der Waals surface area contributed by atoms with Gasteiger partial charge in [-0.05, 0) is 19.8 Å². The Hall–Kier alpha value is -0.450. The zero-order valence-electron chi connectivity index (χ0n) is 8.57. The van der Waals surface area contributed by atoms with Crippen LogP contribution in [0.25, 0.3) is 0 Å². The Morgan fingerprint density at radius 1 is 1.43 bits per heavy atom. The smallest absolute Gasteiger partial charge is 0.0794 e. The molecule has 1 aromatic heterocycles. The van der Waals surface area contributed by atoms with E-state index in [1.54, 1.807) is 11.3 Å². The summed E-state index contributed by atoms with van der Waals surface area (Å²) in [5.41, 5.74) is 5.42. The highest BCUT2D eigenvalue weighted by Gasteiger charge is 2.14. The van der Waals surface area contributed by atoms with Crippen molar-refractivity contribution >= 4 is 11.3 Å². The Morgan fingerprint density at radius 2 is 2.21 bits per heavy atom. The molecule has 4 heteroatoms. The third-order valence-corrected chi connectivity index (χ3v) is 3.57. The van der Waals surface area contributed by atoms with Crippen molar-refractivity contribution in [2.75, 3.05) is 13.1 Å². The second kappa shape index (κ2) is 4.87. The van der Waals surface area contributed by atoms with E-state index < -0.39 is 0 Å². The second-order valence-electron chi connectivity index (χ2n) is 3.80. The van der Waals surface area contributed by atoms with Gasteiger partial charge in [0.05, 0.1) is 11.6 Å². The van der Waals surface area contributed by atoms with E-state index in [0.29, 0.717) is 6.04 Å². The molecule has 0 aliphatic carbocycles. The van der Waals surface area contributed by atoms with Crippen LogP contribution in [0.4, 0.5) is 0 Å². The molecule has 1 aliphatic heterocycles. The Balaban J connectivity index is 1.84. The number of hydrazine groups is 1. The lowest BCUT2D eigenvalue weighted by molar-refractivity contribution is 0.134. The minimum absolute atomic E-state index is 0.403. The molecule has 1 aliphatic rings. The highest BCUT2D eigenvalue weighted by Crippen LogP contribution is 2.17. The van der Waals surface area contributed by atoms with Crippen LogP contribution in [-0.4, -0.2) is 23.1 Å². The molecule has 1 N–H and O–H groups in total. The molecule has 1 atom stereocenters. The third kappa shape index (κ3) is 2.53. The largest absolute Gasteiger partial charge is 0.253 e. The van der Waals surface area contributed by atoms with Crippen molar-refractivity contribution in [2.24, 2.45) is 0 Å². The number of thiazole rings is 1. The molecule has 1 fully saturated rings. The molecule has 3 nitrogen and oxygen atoms in total. The number of nitrogens with one attached hydrogen (secondary N) is 1. The quantitative estimate of drug-likeness (QED) is 0.830. The van der Waals surface area contributed by atoms with Crippen molar-refractivity contribution in [1.29, 1.82) is 0 Å². The fraction of sp³-hybridized carbons (Fsp3) is 0.700. The minimum atomic E-state index is 0.403. The summed E-state index contributed by atoms with van der Waals surface area (Å²) in [6.45, 7) is 4.56. The molecule has 0 aromatic carbocycles. The summed E-state index contributed by atoms with van der Waals surface area (Å²) in [6, 6.07) is 0.403. The van der Waals surface area contributed by atoms with Gasteiger partial charge in [-0.1, -0.05) is 6.42 Å². The molecule has 0 radical (unpaired) electrons. The maximum Gasteiger partial charge on any atom is 0.0794 e. The Bertz CT molecular complexity index is 254. The minimum Gasteiger partial charge on any atom is -0.253 e. The molecular weight excluding hydrogens is 194 g/mol. The summed E-state index contributed by atoms with van der Waals surface area (Å²) in [6.07, 6.45) is 5.98. The second-order valence-corrected chi connectivity index (χ2v) is 4.72. The van der Waals surface area contributed by atoms with Crippen LogP contribution in [0.2, 0.25) is 0 Å². The highest BCUT2D eigenvalue weighted by molar-refractivity contribution is 7.09. The van der Waals surface area contributed by atoms with E-state index >= 15 is 0 Å². The molecule has 1 aromatic rings. The van der Waals surface area contributed by atoms with Gasteiger partial charge in [0.2, 0.25) is 0 Å². The van der Waals surface area contributed by atoms with Gasteiger partial charge in [-0.25, -0.2) is 10.4 Å². The van der Waals surface area contributed by atoms with Gasteiger partial charge in [-0.2, -0.15) is 0 Å². The fourth-order valence-corrected chi connectivity index (χ4v) is 2.42. The molecule has 0 spiro atoms. The first kappa shape index (κ1) is 10.1. The standard InChI is InChI=1S/C10H17N3S/c1-9(10-7-11-8-14-10)12-13-5-3-2-4-6-13/h7-9,12H,2-6H2,1H3. The van der Waals surface area contributed by atoms with Crippen LogP contribution in [0.1, 0.15) is 37.1 Å². The monoisotopic (exact) mass is 211 g/mol. The normalized spacial score (nSPS) is 20.9. The predicted molar refractivity (Wildman–Crippen MR) is 59.1 cm³/mol. The maximum atomic E-state index is 4.10. The van der Waals surface area contributed by atoms with E-state index in [2.05, 4.69) is 22.3 Å². The summed E-state index contributed by atoms with van der Waals surface area (Å²) in [5, 5.41) is 2.34. The summed E-state index contributed by atoms with van der Waals surface area (Å²) in [7, 11) is 0. The predicted octanol–water partition coefficient (Wildman–Crippen LogP) is 2.19. The zero-order valence-corrected chi connectivity index (χ0v) is 9.39. The van der Waals surface area contributed by atoms with Crippen LogP contribution >= 0.6 is 11.3 Å². The van der Waals surface area contributed by atoms with Crippen molar-refractivity contribution in [2.45, 2.75) is 32.2 Å². The van der Waals surface area contributed by atoms with Crippen LogP contribution in [0.5, 0.6) is 0 Å². The zero-order chi connectivity index (χ0) is 9.80. The third-order valence-electron chi connectivity index (χ3n) is 2.61. The first-order valence-electron chi connectivity index (χ1n) is 5.26. The number of hydrogen-bond donors (Lipinski definition) is 1. The van der Waals surface area contributed by atoms with Crippen molar-refractivity contribution < 1.29 is 0 Å². The fourth-order valence-electron chi connectivity index (χ4n) is 1.80. The molecule has 1 saturated heterocycles. The average molecular weight is 211 g/mol. The van der Waals surface area contributed by atoms with Gasteiger partial charge in [0, 0.05) is 24.2 Å². The Labute approximate surface area is 89.1 Å². The van der Waals surface area contributed by atoms with Crippen molar-refractivity contribution in [3.63, 3.8) is 0 Å². The summed E-state index contributed by atoms with van der Waals surface area (Å²) in [4.78, 5) is 5.41. The summed E-state index contributed by atoms with van der Waals surface area (Å²) < 4.78 is 0. The van der Waals surface area contributed by atoms with Gasteiger partial charge in [-0.3, -0.25) is 4.98 Å². The van der Waals surface area contributed by atoms with E-state index in [1.807, 2.05) is 11.7 Å². The SMILES string of the molecule is CC(NN1CCCCC1)c1cncs1. The van der Waals surface area contributed by atoms with Gasteiger partial charge in [0.1, 0.15) is 0 Å². The number of rotatable bonds is 3. The molecule has 0 amide bonds. The lowest BCUT2D eigenvalue weighted by Crippen LogP contribution is -2.42. The molecule has 78 valence electrons. The Morgan fingerprint density at radius 3 is 2.86 bits per heavy atom. The van der Waals surface area contributed by atoms with Gasteiger partial charge in [0.15, 0.2) is 0 Å². The van der Waals surface area contributed by atoms with E-state index in [-0.39, 0.29) is 0 Å². The molecule has 2 rings (SSSR count). The van der Waals surface area contributed by atoms with E-state index in [1.165, 1.54) is 37.2 Å². The van der Waals surface area contributed by atoms with Crippen LogP contribution in [-0.2, 0) is 0 Å². The van der Waals surface area contributed by atoms with Crippen LogP contribution in [0.15, 0.2) is 11.7 Å². The number of piperidine rings is 1. The van der Waals surface area contributed by atoms with Crippen molar-refractivity contribution in [3.8, 4) is 0 Å². The topological polar surface area (TPSA) is 28.2 Å². The first-order valence-corrected chi connectivity index (χ1v) is 6.14. The molecule has 14 heavy (non-hydrogen) atoms. The lowest BCUT2D eigenvalue weighted by Gasteiger charge is -2.29. The molecule has 1 unspecified atom stereocenters. The van der Waals surface area contributed by atoms with Crippen molar-refractivity contribution in [1.82, 2.24) is 15.4 Å². The lowest BCUT2D eigenvalue weighted by atomic mass is 10.2. The summed E-state index contributed by atoms with van der Waals surface area (Å²) in [5.74, 6) is 0. The van der Waals surface area contributed by atoms with Gasteiger partial charge in [-0.15, -0.1) is 11.3 Å². The number of hydrogen-bond acceptors (Lipinski definition) is 4. The summed E-state index contributed by atoms with van der Waals surface area (Å²) >= 11 is 1.72.